The van der Waals surface area contributed by atoms with Gasteiger partial charge < -0.3 is 33.5 Å². The summed E-state index contributed by atoms with van der Waals surface area (Å²) in [5.41, 5.74) is 0.523. The topological polar surface area (TPSA) is 128 Å². The monoisotopic (exact) mass is 492 g/mol. The van der Waals surface area contributed by atoms with Crippen LogP contribution in [-0.2, 0) is 19.1 Å². The van der Waals surface area contributed by atoms with Crippen LogP contribution in [0.5, 0.6) is 17.2 Å². The number of nitrogens with one attached hydrogen (secondary N) is 1. The molecule has 0 unspecified atom stereocenters. The number of hydrogen-bond acceptors (Lipinski definition) is 10. The molecule has 12 nitrogen and oxygen atoms in total. The van der Waals surface area contributed by atoms with E-state index in [4.69, 9.17) is 28.7 Å². The third kappa shape index (κ3) is 5.52. The lowest BCUT2D eigenvalue weighted by Crippen LogP contribution is -2.58. The van der Waals surface area contributed by atoms with Crippen molar-refractivity contribution in [1.29, 1.82) is 0 Å². The number of methoxy groups -OCH3 is 3. The van der Waals surface area contributed by atoms with Gasteiger partial charge >= 0.3 is 12.1 Å². The number of carbonyl (C=O) groups excluding carboxylic acids is 3. The average Bonchev–Trinajstić information content (AvgIpc) is 2.87. The van der Waals surface area contributed by atoms with Crippen molar-refractivity contribution in [3.05, 3.63) is 17.7 Å². The summed E-state index contributed by atoms with van der Waals surface area (Å²) in [6.45, 7) is 5.53. The van der Waals surface area contributed by atoms with Crippen molar-refractivity contribution in [2.24, 2.45) is 10.9 Å². The summed E-state index contributed by atoms with van der Waals surface area (Å²) in [5, 5.41) is 2.74. The van der Waals surface area contributed by atoms with Gasteiger partial charge in [-0.2, -0.15) is 0 Å². The lowest BCUT2D eigenvalue weighted by molar-refractivity contribution is -0.153. The van der Waals surface area contributed by atoms with E-state index >= 15 is 0 Å². The minimum absolute atomic E-state index is 0.122. The second-order valence-corrected chi connectivity index (χ2v) is 7.75. The van der Waals surface area contributed by atoms with Gasteiger partial charge in [0, 0.05) is 26.2 Å². The summed E-state index contributed by atoms with van der Waals surface area (Å²) in [7, 11) is 4.45. The number of benzene rings is 1. The maximum absolute atomic E-state index is 13.1. The Morgan fingerprint density at radius 2 is 1.57 bits per heavy atom. The van der Waals surface area contributed by atoms with Gasteiger partial charge in [0.15, 0.2) is 17.4 Å². The number of hydrogen-bond donors (Lipinski definition) is 1. The normalized spacial score (nSPS) is 19.9. The van der Waals surface area contributed by atoms with E-state index in [9.17, 15) is 14.4 Å². The lowest BCUT2D eigenvalue weighted by atomic mass is 9.90. The standard InChI is InChI=1S/C23H32N4O8/c1-6-34-21(29)17-18(14-12-15(31-3)19(33-5)16(13-14)32-4)24-22(25-20(17)28)26-8-10-27(11-9-26)23(30)35-7-2/h12-13,17-18H,6-11H2,1-5H3,(H,24,25,28)/t17-,18-/m0/s1. The second kappa shape index (κ2) is 11.6. The van der Waals surface area contributed by atoms with Gasteiger partial charge in [-0.3, -0.25) is 14.9 Å². The Bertz CT molecular complexity index is 949. The zero-order chi connectivity index (χ0) is 25.5. The van der Waals surface area contributed by atoms with Gasteiger partial charge in [-0.25, -0.2) is 9.79 Å². The number of esters is 1. The number of nitrogens with zero attached hydrogens (tertiary/aromatic N) is 3. The molecule has 1 fully saturated rings. The van der Waals surface area contributed by atoms with Gasteiger partial charge in [0.25, 0.3) is 0 Å². The van der Waals surface area contributed by atoms with Crippen LogP contribution in [0.15, 0.2) is 17.1 Å². The van der Waals surface area contributed by atoms with Crippen LogP contribution in [-0.4, -0.2) is 94.5 Å². The molecule has 0 saturated carbocycles. The Balaban J connectivity index is 1.97. The first-order chi connectivity index (χ1) is 16.9. The number of aliphatic imine (C=N–C) groups is 1. The number of amides is 2. The van der Waals surface area contributed by atoms with Gasteiger partial charge in [-0.15, -0.1) is 0 Å². The summed E-state index contributed by atoms with van der Waals surface area (Å²) in [6.07, 6.45) is -0.376. The molecule has 2 aliphatic rings. The largest absolute Gasteiger partial charge is 0.493 e. The smallest absolute Gasteiger partial charge is 0.409 e. The molecule has 1 saturated heterocycles. The number of guanidine groups is 1. The maximum atomic E-state index is 13.1. The fourth-order valence-electron chi connectivity index (χ4n) is 4.05. The highest BCUT2D eigenvalue weighted by molar-refractivity contribution is 6.08. The van der Waals surface area contributed by atoms with Crippen LogP contribution in [0.4, 0.5) is 4.79 Å². The zero-order valence-electron chi connectivity index (χ0n) is 20.7. The fourth-order valence-corrected chi connectivity index (χ4v) is 4.05. The van der Waals surface area contributed by atoms with E-state index in [-0.39, 0.29) is 12.7 Å². The minimum atomic E-state index is -1.21. The summed E-state index contributed by atoms with van der Waals surface area (Å²) < 4.78 is 26.5. The van der Waals surface area contributed by atoms with E-state index in [0.29, 0.717) is 61.6 Å². The van der Waals surface area contributed by atoms with Gasteiger partial charge in [-0.1, -0.05) is 0 Å². The van der Waals surface area contributed by atoms with Gasteiger partial charge in [0.1, 0.15) is 6.04 Å². The Labute approximate surface area is 204 Å². The molecule has 2 amide bonds. The third-order valence-electron chi connectivity index (χ3n) is 5.77. The first-order valence-corrected chi connectivity index (χ1v) is 11.4. The molecule has 2 atom stereocenters. The zero-order valence-corrected chi connectivity index (χ0v) is 20.7. The second-order valence-electron chi connectivity index (χ2n) is 7.75. The SMILES string of the molecule is CCOC(=O)[C@@H]1C(=O)NC(N2CCN(C(=O)OCC)CC2)=N[C@H]1c1cc(OC)c(OC)c(OC)c1. The van der Waals surface area contributed by atoms with Crippen LogP contribution in [0.2, 0.25) is 0 Å². The predicted octanol–water partition coefficient (Wildman–Crippen LogP) is 1.19. The molecule has 192 valence electrons. The first kappa shape index (κ1) is 25.9. The molecule has 1 aromatic carbocycles. The van der Waals surface area contributed by atoms with Crippen molar-refractivity contribution >= 4 is 23.9 Å². The van der Waals surface area contributed by atoms with E-state index < -0.39 is 23.8 Å². The first-order valence-electron chi connectivity index (χ1n) is 11.4. The number of carbonyl (C=O) groups is 3. The van der Waals surface area contributed by atoms with Crippen LogP contribution in [0.25, 0.3) is 0 Å². The number of ether oxygens (including phenoxy) is 5. The van der Waals surface area contributed by atoms with E-state index in [2.05, 4.69) is 5.32 Å². The van der Waals surface area contributed by atoms with Gasteiger partial charge in [-0.05, 0) is 31.5 Å². The molecule has 0 spiro atoms. The van der Waals surface area contributed by atoms with Crippen molar-refractivity contribution < 1.29 is 38.1 Å². The maximum Gasteiger partial charge on any atom is 0.409 e. The molecule has 3 rings (SSSR count). The molecule has 1 N–H and O–H groups in total. The van der Waals surface area contributed by atoms with Crippen LogP contribution in [0.1, 0.15) is 25.5 Å². The highest BCUT2D eigenvalue weighted by atomic mass is 16.6. The van der Waals surface area contributed by atoms with Crippen molar-refractivity contribution in [2.75, 3.05) is 60.7 Å². The highest BCUT2D eigenvalue weighted by Gasteiger charge is 2.43. The summed E-state index contributed by atoms with van der Waals surface area (Å²) in [5.74, 6) is -0.977. The number of rotatable bonds is 7. The highest BCUT2D eigenvalue weighted by Crippen LogP contribution is 2.42. The quantitative estimate of drug-likeness (QED) is 0.441. The molecule has 0 bridgehead atoms. The average molecular weight is 493 g/mol. The Morgan fingerprint density at radius 1 is 0.971 bits per heavy atom. The van der Waals surface area contributed by atoms with Crippen molar-refractivity contribution in [2.45, 2.75) is 19.9 Å². The molecule has 12 heteroatoms. The molecule has 35 heavy (non-hydrogen) atoms. The number of piperazine rings is 1. The summed E-state index contributed by atoms with van der Waals surface area (Å²) in [6, 6.07) is 2.43. The lowest BCUT2D eigenvalue weighted by Gasteiger charge is -2.38. The molecule has 0 aliphatic carbocycles. The molecular formula is C23H32N4O8. The van der Waals surface area contributed by atoms with Crippen LogP contribution in [0.3, 0.4) is 0 Å². The van der Waals surface area contributed by atoms with E-state index in [0.717, 1.165) is 0 Å². The van der Waals surface area contributed by atoms with Crippen LogP contribution < -0.4 is 19.5 Å². The van der Waals surface area contributed by atoms with E-state index in [1.807, 2.05) is 4.90 Å². The van der Waals surface area contributed by atoms with E-state index in [1.54, 1.807) is 30.9 Å². The summed E-state index contributed by atoms with van der Waals surface area (Å²) >= 11 is 0. The molecule has 0 radical (unpaired) electrons. The third-order valence-corrected chi connectivity index (χ3v) is 5.77. The van der Waals surface area contributed by atoms with E-state index in [1.165, 1.54) is 21.3 Å². The fraction of sp³-hybridized carbons (Fsp3) is 0.565. The molecular weight excluding hydrogens is 460 g/mol. The Kier molecular flexibility index (Phi) is 8.61. The Hall–Kier alpha value is -3.70. The molecule has 2 aliphatic heterocycles. The van der Waals surface area contributed by atoms with Crippen molar-refractivity contribution in [1.82, 2.24) is 15.1 Å². The molecule has 0 aromatic heterocycles. The minimum Gasteiger partial charge on any atom is -0.493 e. The molecule has 2 heterocycles. The summed E-state index contributed by atoms with van der Waals surface area (Å²) in [4.78, 5) is 46.2. The van der Waals surface area contributed by atoms with Crippen LogP contribution >= 0.6 is 0 Å². The molecule has 1 aromatic rings. The predicted molar refractivity (Wildman–Crippen MR) is 125 cm³/mol. The van der Waals surface area contributed by atoms with Crippen molar-refractivity contribution in [3.8, 4) is 17.2 Å². The van der Waals surface area contributed by atoms with Gasteiger partial charge in [0.2, 0.25) is 17.6 Å². The van der Waals surface area contributed by atoms with Crippen molar-refractivity contribution in [3.63, 3.8) is 0 Å². The van der Waals surface area contributed by atoms with Gasteiger partial charge in [0.05, 0.1) is 34.5 Å². The van der Waals surface area contributed by atoms with Crippen LogP contribution in [0, 0.1) is 5.92 Å². The Morgan fingerprint density at radius 3 is 2.09 bits per heavy atom.